The van der Waals surface area contributed by atoms with Crippen LogP contribution in [0.2, 0.25) is 0 Å². The number of benzene rings is 1. The van der Waals surface area contributed by atoms with Gasteiger partial charge in [-0.1, -0.05) is 0 Å². The molecule has 0 spiro atoms. The molecule has 0 bridgehead atoms. The number of nitrogens with one attached hydrogen (secondary N) is 1. The molecule has 2 N–H and O–H groups in total. The van der Waals surface area contributed by atoms with E-state index in [9.17, 15) is 14.7 Å². The Labute approximate surface area is 159 Å². The third-order valence-electron chi connectivity index (χ3n) is 4.64. The number of hydrogen-bond donors (Lipinski definition) is 2. The molecule has 0 radical (unpaired) electrons. The molecule has 8 heteroatoms. The number of furan rings is 1. The van der Waals surface area contributed by atoms with Crippen LogP contribution >= 0.6 is 0 Å². The maximum Gasteiger partial charge on any atom is 0.337 e. The Bertz CT molecular complexity index is 1250. The maximum absolute atomic E-state index is 12.1. The number of nitrogens with zero attached hydrogens (tertiary/aromatic N) is 2. The second kappa shape index (κ2) is 6.41. The van der Waals surface area contributed by atoms with E-state index < -0.39 is 5.97 Å². The monoisotopic (exact) mass is 379 g/mol. The summed E-state index contributed by atoms with van der Waals surface area (Å²) >= 11 is 0. The fourth-order valence-corrected chi connectivity index (χ4v) is 3.32. The lowest BCUT2D eigenvalue weighted by Gasteiger charge is -2.08. The zero-order valence-electron chi connectivity index (χ0n) is 15.4. The van der Waals surface area contributed by atoms with Crippen LogP contribution in [0.4, 0.5) is 0 Å². The molecule has 1 aromatic carbocycles. The molecular weight excluding hydrogens is 362 g/mol. The van der Waals surface area contributed by atoms with Gasteiger partial charge in [0.15, 0.2) is 5.75 Å². The number of carbonyl (C=O) groups excluding carboxylic acids is 1. The van der Waals surface area contributed by atoms with Crippen molar-refractivity contribution in [3.63, 3.8) is 0 Å². The van der Waals surface area contributed by atoms with Crippen LogP contribution in [-0.4, -0.2) is 33.6 Å². The summed E-state index contributed by atoms with van der Waals surface area (Å²) in [5, 5.41) is 16.8. The number of rotatable bonds is 4. The molecule has 1 amide bonds. The molecule has 0 aliphatic rings. The summed E-state index contributed by atoms with van der Waals surface area (Å²) in [6.07, 6.45) is 2.99. The van der Waals surface area contributed by atoms with Crippen molar-refractivity contribution in [3.05, 3.63) is 59.1 Å². The number of amides is 1. The Morgan fingerprint density at radius 3 is 2.75 bits per heavy atom. The summed E-state index contributed by atoms with van der Waals surface area (Å²) < 4.78 is 13.2. The third-order valence-corrected chi connectivity index (χ3v) is 4.64. The number of aromatic nitrogens is 2. The topological polar surface area (TPSA) is 106 Å². The highest BCUT2D eigenvalue weighted by molar-refractivity contribution is 6.07. The van der Waals surface area contributed by atoms with E-state index in [1.165, 1.54) is 16.9 Å². The molecule has 4 aromatic rings. The molecule has 3 aromatic heterocycles. The number of fused-ring (bicyclic) bond motifs is 2. The summed E-state index contributed by atoms with van der Waals surface area (Å²) in [6, 6.07) is 6.86. The van der Waals surface area contributed by atoms with Crippen LogP contribution in [0.3, 0.4) is 0 Å². The van der Waals surface area contributed by atoms with Gasteiger partial charge >= 0.3 is 5.97 Å². The normalized spacial score (nSPS) is 11.1. The van der Waals surface area contributed by atoms with Crippen molar-refractivity contribution in [3.8, 4) is 11.5 Å². The average molecular weight is 379 g/mol. The SMILES string of the molecule is CNC(=O)c1c(C)oc2cc(Oc3ccnn4cc(C(=O)O)c(C)c34)ccc12. The van der Waals surface area contributed by atoms with Crippen LogP contribution in [0.5, 0.6) is 11.5 Å². The van der Waals surface area contributed by atoms with E-state index in [4.69, 9.17) is 9.15 Å². The van der Waals surface area contributed by atoms with Gasteiger partial charge in [-0.05, 0) is 31.5 Å². The first-order chi connectivity index (χ1) is 13.4. The van der Waals surface area contributed by atoms with E-state index in [0.717, 1.165) is 0 Å². The Hall–Kier alpha value is -3.81. The van der Waals surface area contributed by atoms with Crippen molar-refractivity contribution in [2.45, 2.75) is 13.8 Å². The number of carboxylic acid groups (broad SMARTS) is 1. The van der Waals surface area contributed by atoms with Crippen LogP contribution in [0.15, 0.2) is 41.1 Å². The van der Waals surface area contributed by atoms with E-state index >= 15 is 0 Å². The fraction of sp³-hybridized carbons (Fsp3) is 0.150. The molecule has 4 rings (SSSR count). The molecule has 3 heterocycles. The van der Waals surface area contributed by atoms with Crippen LogP contribution in [0.1, 0.15) is 32.0 Å². The van der Waals surface area contributed by atoms with Gasteiger partial charge in [0.2, 0.25) is 0 Å². The Balaban J connectivity index is 1.78. The highest BCUT2D eigenvalue weighted by Gasteiger charge is 2.19. The van der Waals surface area contributed by atoms with Crippen molar-refractivity contribution < 1.29 is 23.8 Å². The second-order valence-electron chi connectivity index (χ2n) is 6.33. The molecule has 0 aliphatic heterocycles. The van der Waals surface area contributed by atoms with Crippen molar-refractivity contribution in [1.29, 1.82) is 0 Å². The zero-order chi connectivity index (χ0) is 20.0. The number of ether oxygens (including phenoxy) is 1. The van der Waals surface area contributed by atoms with Crippen molar-refractivity contribution in [2.24, 2.45) is 0 Å². The second-order valence-corrected chi connectivity index (χ2v) is 6.33. The van der Waals surface area contributed by atoms with Gasteiger partial charge in [-0.15, -0.1) is 0 Å². The molecular formula is C20H17N3O5. The summed E-state index contributed by atoms with van der Waals surface area (Å²) in [5.41, 5.74) is 2.31. The maximum atomic E-state index is 12.1. The molecule has 8 nitrogen and oxygen atoms in total. The van der Waals surface area contributed by atoms with Gasteiger partial charge < -0.3 is 19.6 Å². The Kier molecular flexibility index (Phi) is 4.03. The van der Waals surface area contributed by atoms with Gasteiger partial charge in [-0.3, -0.25) is 4.79 Å². The Morgan fingerprint density at radius 2 is 2.04 bits per heavy atom. The summed E-state index contributed by atoms with van der Waals surface area (Å²) in [6.45, 7) is 3.44. The van der Waals surface area contributed by atoms with Crippen molar-refractivity contribution >= 4 is 28.4 Å². The van der Waals surface area contributed by atoms with Crippen molar-refractivity contribution in [1.82, 2.24) is 14.9 Å². The molecule has 0 fully saturated rings. The minimum atomic E-state index is -1.02. The lowest BCUT2D eigenvalue weighted by molar-refractivity contribution is 0.0696. The third kappa shape index (κ3) is 2.66. The van der Waals surface area contributed by atoms with Gasteiger partial charge in [0.05, 0.1) is 17.3 Å². The number of aromatic carboxylic acids is 1. The Morgan fingerprint density at radius 1 is 1.25 bits per heavy atom. The van der Waals surface area contributed by atoms with Crippen LogP contribution < -0.4 is 10.1 Å². The minimum absolute atomic E-state index is 0.163. The number of carboxylic acids is 1. The number of hydrogen-bond acceptors (Lipinski definition) is 5. The van der Waals surface area contributed by atoms with E-state index in [-0.39, 0.29) is 11.5 Å². The van der Waals surface area contributed by atoms with Gasteiger partial charge in [-0.2, -0.15) is 5.10 Å². The van der Waals surface area contributed by atoms with Gasteiger partial charge in [-0.25, -0.2) is 9.31 Å². The first-order valence-corrected chi connectivity index (χ1v) is 8.54. The summed E-state index contributed by atoms with van der Waals surface area (Å²) in [7, 11) is 1.57. The predicted octanol–water partition coefficient (Wildman–Crippen LogP) is 3.55. The first kappa shape index (κ1) is 17.6. The van der Waals surface area contributed by atoms with E-state index in [2.05, 4.69) is 10.4 Å². The van der Waals surface area contributed by atoms with Crippen LogP contribution in [0, 0.1) is 13.8 Å². The minimum Gasteiger partial charge on any atom is -0.478 e. The zero-order valence-corrected chi connectivity index (χ0v) is 15.4. The molecule has 0 unspecified atom stereocenters. The van der Waals surface area contributed by atoms with E-state index in [0.29, 0.717) is 44.9 Å². The smallest absolute Gasteiger partial charge is 0.337 e. The summed E-state index contributed by atoms with van der Waals surface area (Å²) in [5.74, 6) is 0.240. The van der Waals surface area contributed by atoms with Crippen molar-refractivity contribution in [2.75, 3.05) is 7.05 Å². The molecule has 0 saturated carbocycles. The van der Waals surface area contributed by atoms with E-state index in [1.54, 1.807) is 45.2 Å². The molecule has 0 atom stereocenters. The number of carbonyl (C=O) groups is 2. The van der Waals surface area contributed by atoms with Gasteiger partial charge in [0.25, 0.3) is 5.91 Å². The molecule has 0 aliphatic carbocycles. The first-order valence-electron chi connectivity index (χ1n) is 8.54. The highest BCUT2D eigenvalue weighted by Crippen LogP contribution is 2.33. The standard InChI is InChI=1S/C20H17N3O5/c1-10-14(20(25)26)9-23-18(10)15(6-7-22-23)28-12-4-5-13-16(8-12)27-11(2)17(13)19(24)21-3/h4-9H,1-3H3,(H,21,24)(H,25,26). The van der Waals surface area contributed by atoms with Gasteiger partial charge in [0.1, 0.15) is 22.6 Å². The quantitative estimate of drug-likeness (QED) is 0.562. The lowest BCUT2D eigenvalue weighted by Crippen LogP contribution is -2.18. The molecule has 142 valence electrons. The van der Waals surface area contributed by atoms with E-state index in [1.807, 2.05) is 0 Å². The number of aryl methyl sites for hydroxylation is 2. The largest absolute Gasteiger partial charge is 0.478 e. The lowest BCUT2D eigenvalue weighted by atomic mass is 10.1. The van der Waals surface area contributed by atoms with Crippen LogP contribution in [-0.2, 0) is 0 Å². The van der Waals surface area contributed by atoms with Gasteiger partial charge in [0, 0.05) is 30.8 Å². The average Bonchev–Trinajstić information content (AvgIpc) is 3.18. The predicted molar refractivity (Wildman–Crippen MR) is 101 cm³/mol. The summed E-state index contributed by atoms with van der Waals surface area (Å²) in [4.78, 5) is 23.5. The molecule has 0 saturated heterocycles. The fourth-order valence-electron chi connectivity index (χ4n) is 3.32. The van der Waals surface area contributed by atoms with Crippen LogP contribution in [0.25, 0.3) is 16.5 Å². The highest BCUT2D eigenvalue weighted by atomic mass is 16.5. The molecule has 28 heavy (non-hydrogen) atoms.